The first-order valence-corrected chi connectivity index (χ1v) is 6.12. The highest BCUT2D eigenvalue weighted by Crippen LogP contribution is 2.31. The Bertz CT molecular complexity index is 677. The second-order valence-electron chi connectivity index (χ2n) is 4.78. The van der Waals surface area contributed by atoms with E-state index in [2.05, 4.69) is 10.1 Å². The number of hydrogen-bond donors (Lipinski definition) is 1. The molecule has 2 rings (SSSR count). The molecule has 120 valence electrons. The van der Waals surface area contributed by atoms with Gasteiger partial charge in [0.1, 0.15) is 6.26 Å². The average molecular weight is 318 g/mol. The normalized spacial score (nSPS) is 12.1. The van der Waals surface area contributed by atoms with Crippen LogP contribution < -0.4 is 0 Å². The molecular weight excluding hydrogens is 305 g/mol. The van der Waals surface area contributed by atoms with E-state index in [9.17, 15) is 18.0 Å². The molecule has 2 heterocycles. The zero-order chi connectivity index (χ0) is 16.5. The minimum Gasteiger partial charge on any atom is -0.476 e. The van der Waals surface area contributed by atoms with Gasteiger partial charge in [-0.25, -0.2) is 9.78 Å². The summed E-state index contributed by atoms with van der Waals surface area (Å²) in [6.07, 6.45) is -2.26. The van der Waals surface area contributed by atoms with Crippen molar-refractivity contribution >= 4 is 5.97 Å². The summed E-state index contributed by atoms with van der Waals surface area (Å²) in [7, 11) is 2.98. The third kappa shape index (κ3) is 3.64. The summed E-state index contributed by atoms with van der Waals surface area (Å²) in [4.78, 5) is 15.9. The molecular formula is C12H13F3N4O3. The molecule has 0 fully saturated rings. The topological polar surface area (TPSA) is 84.4 Å². The Balaban J connectivity index is 2.08. The Hall–Kier alpha value is -2.36. The second-order valence-corrected chi connectivity index (χ2v) is 4.78. The molecule has 10 heteroatoms. The van der Waals surface area contributed by atoms with Crippen molar-refractivity contribution in [3.63, 3.8) is 0 Å². The van der Waals surface area contributed by atoms with Gasteiger partial charge < -0.3 is 9.52 Å². The first kappa shape index (κ1) is 16.0. The molecule has 2 aromatic heterocycles. The lowest BCUT2D eigenvalue weighted by Gasteiger charge is -2.14. The van der Waals surface area contributed by atoms with Crippen LogP contribution in [-0.4, -0.2) is 37.8 Å². The fourth-order valence-electron chi connectivity index (χ4n) is 1.95. The molecule has 0 spiro atoms. The number of halogens is 3. The van der Waals surface area contributed by atoms with Crippen LogP contribution in [0.15, 0.2) is 16.9 Å². The third-order valence-corrected chi connectivity index (χ3v) is 2.79. The number of rotatable bonds is 5. The highest BCUT2D eigenvalue weighted by Gasteiger charge is 2.37. The van der Waals surface area contributed by atoms with Gasteiger partial charge in [-0.3, -0.25) is 9.58 Å². The van der Waals surface area contributed by atoms with Crippen molar-refractivity contribution in [2.24, 2.45) is 7.05 Å². The van der Waals surface area contributed by atoms with Gasteiger partial charge in [-0.15, -0.1) is 0 Å². The summed E-state index contributed by atoms with van der Waals surface area (Å²) >= 11 is 0. The maximum Gasteiger partial charge on any atom is 0.435 e. The smallest absolute Gasteiger partial charge is 0.435 e. The van der Waals surface area contributed by atoms with Crippen LogP contribution in [0.3, 0.4) is 0 Å². The van der Waals surface area contributed by atoms with Crippen LogP contribution in [0.5, 0.6) is 0 Å². The number of aryl methyl sites for hydroxylation is 1. The van der Waals surface area contributed by atoms with Gasteiger partial charge >= 0.3 is 12.1 Å². The van der Waals surface area contributed by atoms with Crippen LogP contribution in [-0.2, 0) is 26.3 Å². The quantitative estimate of drug-likeness (QED) is 0.904. The van der Waals surface area contributed by atoms with E-state index in [4.69, 9.17) is 9.52 Å². The van der Waals surface area contributed by atoms with Crippen LogP contribution in [0.4, 0.5) is 13.2 Å². The van der Waals surface area contributed by atoms with Crippen LogP contribution in [0, 0.1) is 0 Å². The van der Waals surface area contributed by atoms with E-state index in [0.29, 0.717) is 0 Å². The standard InChI is InChI=1S/C12H13F3N4O3/c1-18(5-9-16-8(6-22-9)11(20)21)3-7-4-19(2)17-10(7)12(13,14)15/h4,6H,3,5H2,1-2H3,(H,20,21). The van der Waals surface area contributed by atoms with Gasteiger partial charge in [0.05, 0.1) is 6.54 Å². The SMILES string of the molecule is CN(Cc1nc(C(=O)O)co1)Cc1cn(C)nc1C(F)(F)F. The largest absolute Gasteiger partial charge is 0.476 e. The minimum absolute atomic E-state index is 0.0162. The molecule has 0 unspecified atom stereocenters. The van der Waals surface area contributed by atoms with Crippen LogP contribution in [0.2, 0.25) is 0 Å². The van der Waals surface area contributed by atoms with Crippen LogP contribution in [0.1, 0.15) is 27.6 Å². The van der Waals surface area contributed by atoms with Crippen molar-refractivity contribution in [2.45, 2.75) is 19.3 Å². The molecule has 0 aliphatic heterocycles. The second kappa shape index (κ2) is 5.79. The fourth-order valence-corrected chi connectivity index (χ4v) is 1.95. The Labute approximate surface area is 123 Å². The van der Waals surface area contributed by atoms with Gasteiger partial charge in [0.15, 0.2) is 11.4 Å². The Morgan fingerprint density at radius 2 is 2.14 bits per heavy atom. The first-order valence-electron chi connectivity index (χ1n) is 6.12. The predicted octanol–water partition coefficient (Wildman–Crippen LogP) is 1.76. The molecule has 0 saturated carbocycles. The summed E-state index contributed by atoms with van der Waals surface area (Å²) < 4.78 is 44.6. The van der Waals surface area contributed by atoms with E-state index < -0.39 is 17.8 Å². The number of nitrogens with zero attached hydrogens (tertiary/aromatic N) is 4. The highest BCUT2D eigenvalue weighted by molar-refractivity contribution is 5.84. The molecule has 0 amide bonds. The molecule has 0 radical (unpaired) electrons. The highest BCUT2D eigenvalue weighted by atomic mass is 19.4. The van der Waals surface area contributed by atoms with Crippen molar-refractivity contribution in [2.75, 3.05) is 7.05 Å². The van der Waals surface area contributed by atoms with Gasteiger partial charge in [-0.1, -0.05) is 0 Å². The van der Waals surface area contributed by atoms with Crippen LogP contribution in [0.25, 0.3) is 0 Å². The number of aromatic nitrogens is 3. The number of carboxylic acids is 1. The Morgan fingerprint density at radius 1 is 1.45 bits per heavy atom. The average Bonchev–Trinajstić information content (AvgIpc) is 2.95. The maximum absolute atomic E-state index is 12.8. The van der Waals surface area contributed by atoms with Crippen molar-refractivity contribution in [3.05, 3.63) is 35.3 Å². The number of carbonyl (C=O) groups is 1. The maximum atomic E-state index is 12.8. The van der Waals surface area contributed by atoms with Crippen molar-refractivity contribution in [1.82, 2.24) is 19.7 Å². The summed E-state index contributed by atoms with van der Waals surface area (Å²) in [5.41, 5.74) is -1.18. The van der Waals surface area contributed by atoms with E-state index in [1.165, 1.54) is 18.1 Å². The summed E-state index contributed by atoms with van der Waals surface area (Å²) in [6.45, 7) is 0.0347. The monoisotopic (exact) mass is 318 g/mol. The van der Waals surface area contributed by atoms with Crippen molar-refractivity contribution in [3.8, 4) is 0 Å². The molecule has 0 bridgehead atoms. The Morgan fingerprint density at radius 3 is 2.68 bits per heavy atom. The van der Waals surface area contributed by atoms with E-state index in [0.717, 1.165) is 10.9 Å². The summed E-state index contributed by atoms with van der Waals surface area (Å²) in [5, 5.41) is 12.1. The lowest BCUT2D eigenvalue weighted by Crippen LogP contribution is -2.20. The molecule has 0 atom stereocenters. The number of alkyl halides is 3. The number of oxazole rings is 1. The lowest BCUT2D eigenvalue weighted by molar-refractivity contribution is -0.142. The summed E-state index contributed by atoms with van der Waals surface area (Å²) in [5.74, 6) is -1.12. The molecule has 1 N–H and O–H groups in total. The molecule has 0 aliphatic carbocycles. The molecule has 0 aliphatic rings. The fraction of sp³-hybridized carbons (Fsp3) is 0.417. The van der Waals surface area contributed by atoms with E-state index in [1.54, 1.807) is 7.05 Å². The number of aromatic carboxylic acids is 1. The molecule has 2 aromatic rings. The van der Waals surface area contributed by atoms with E-state index in [1.807, 2.05) is 0 Å². The minimum atomic E-state index is -4.53. The van der Waals surface area contributed by atoms with Gasteiger partial charge in [-0.05, 0) is 7.05 Å². The lowest BCUT2D eigenvalue weighted by atomic mass is 10.2. The van der Waals surface area contributed by atoms with Gasteiger partial charge in [0.2, 0.25) is 5.89 Å². The van der Waals surface area contributed by atoms with Crippen LogP contribution >= 0.6 is 0 Å². The van der Waals surface area contributed by atoms with Gasteiger partial charge in [-0.2, -0.15) is 18.3 Å². The number of hydrogen-bond acceptors (Lipinski definition) is 5. The molecule has 0 aromatic carbocycles. The zero-order valence-electron chi connectivity index (χ0n) is 11.8. The molecule has 0 saturated heterocycles. The zero-order valence-corrected chi connectivity index (χ0v) is 11.8. The molecule has 22 heavy (non-hydrogen) atoms. The van der Waals surface area contributed by atoms with Crippen molar-refractivity contribution < 1.29 is 27.5 Å². The Kier molecular flexibility index (Phi) is 4.22. The summed E-state index contributed by atoms with van der Waals surface area (Å²) in [6, 6.07) is 0. The first-order chi connectivity index (χ1) is 10.2. The van der Waals surface area contributed by atoms with Gasteiger partial charge in [0, 0.05) is 25.4 Å². The van der Waals surface area contributed by atoms with Crippen molar-refractivity contribution in [1.29, 1.82) is 0 Å². The predicted molar refractivity (Wildman–Crippen MR) is 66.8 cm³/mol. The number of carboxylic acid groups (broad SMARTS) is 1. The third-order valence-electron chi connectivity index (χ3n) is 2.79. The molecule has 7 nitrogen and oxygen atoms in total. The van der Waals surface area contributed by atoms with Gasteiger partial charge in [0.25, 0.3) is 0 Å². The van der Waals surface area contributed by atoms with E-state index >= 15 is 0 Å². The van der Waals surface area contributed by atoms with E-state index in [-0.39, 0.29) is 30.2 Å².